The van der Waals surface area contributed by atoms with Gasteiger partial charge in [-0.3, -0.25) is 9.59 Å². The molecule has 7 heteroatoms. The molecule has 0 radical (unpaired) electrons. The summed E-state index contributed by atoms with van der Waals surface area (Å²) < 4.78 is 0. The third-order valence-electron chi connectivity index (χ3n) is 4.23. The summed E-state index contributed by atoms with van der Waals surface area (Å²) in [6.45, 7) is 1.71. The average Bonchev–Trinajstić information content (AvgIpc) is 3.05. The average molecular weight is 353 g/mol. The van der Waals surface area contributed by atoms with Crippen molar-refractivity contribution in [1.29, 1.82) is 0 Å². The van der Waals surface area contributed by atoms with Crippen molar-refractivity contribution in [2.75, 3.05) is 6.54 Å². The number of hydrogen-bond donors (Lipinski definition) is 2. The van der Waals surface area contributed by atoms with Gasteiger partial charge in [0.25, 0.3) is 5.91 Å². The third kappa shape index (κ3) is 4.24. The monoisotopic (exact) mass is 353 g/mol. The summed E-state index contributed by atoms with van der Waals surface area (Å²) in [6, 6.07) is 10.5. The van der Waals surface area contributed by atoms with E-state index in [9.17, 15) is 14.4 Å². The van der Waals surface area contributed by atoms with E-state index in [1.807, 2.05) is 29.2 Å². The van der Waals surface area contributed by atoms with Crippen molar-refractivity contribution in [3.8, 4) is 0 Å². The summed E-state index contributed by atoms with van der Waals surface area (Å²) in [4.78, 5) is 40.2. The Morgan fingerprint density at radius 2 is 2.00 bits per heavy atom. The lowest BCUT2D eigenvalue weighted by molar-refractivity contribution is -0.128. The highest BCUT2D eigenvalue weighted by atomic mass is 16.4. The van der Waals surface area contributed by atoms with Crippen molar-refractivity contribution in [2.24, 2.45) is 0 Å². The molecule has 0 bridgehead atoms. The van der Waals surface area contributed by atoms with Crippen LogP contribution < -0.4 is 5.32 Å². The Morgan fingerprint density at radius 3 is 2.65 bits per heavy atom. The van der Waals surface area contributed by atoms with E-state index < -0.39 is 5.97 Å². The molecule has 2 amide bonds. The van der Waals surface area contributed by atoms with Crippen molar-refractivity contribution in [3.63, 3.8) is 0 Å². The van der Waals surface area contributed by atoms with Crippen molar-refractivity contribution >= 4 is 17.8 Å². The first-order chi connectivity index (χ1) is 12.5. The normalized spacial score (nSPS) is 13.7. The molecular formula is C19H19N3O4. The molecule has 0 saturated carbocycles. The minimum absolute atomic E-state index is 0.106. The van der Waals surface area contributed by atoms with Gasteiger partial charge >= 0.3 is 5.97 Å². The second-order valence-electron chi connectivity index (χ2n) is 6.16. The molecular weight excluding hydrogens is 334 g/mol. The maximum atomic E-state index is 12.2. The Kier molecular flexibility index (Phi) is 5.26. The van der Waals surface area contributed by atoms with Crippen LogP contribution >= 0.6 is 0 Å². The van der Waals surface area contributed by atoms with Crippen molar-refractivity contribution < 1.29 is 19.5 Å². The van der Waals surface area contributed by atoms with Gasteiger partial charge in [-0.1, -0.05) is 24.3 Å². The minimum Gasteiger partial charge on any atom is -0.477 e. The second-order valence-corrected chi connectivity index (χ2v) is 6.16. The van der Waals surface area contributed by atoms with Gasteiger partial charge in [0.2, 0.25) is 5.91 Å². The first-order valence-electron chi connectivity index (χ1n) is 8.36. The summed E-state index contributed by atoms with van der Waals surface area (Å²) in [7, 11) is 0. The van der Waals surface area contributed by atoms with E-state index in [1.54, 1.807) is 0 Å². The number of nitrogens with zero attached hydrogens (tertiary/aromatic N) is 2. The molecule has 0 aliphatic carbocycles. The van der Waals surface area contributed by atoms with E-state index in [4.69, 9.17) is 5.11 Å². The Labute approximate surface area is 150 Å². The number of likely N-dealkylation sites (tertiary alicyclic amines) is 1. The number of carboxylic acids is 1. The molecule has 2 N–H and O–H groups in total. The highest BCUT2D eigenvalue weighted by molar-refractivity contribution is 5.94. The quantitative estimate of drug-likeness (QED) is 0.825. The van der Waals surface area contributed by atoms with Gasteiger partial charge in [0, 0.05) is 32.3 Å². The maximum absolute atomic E-state index is 12.2. The molecule has 3 rings (SSSR count). The van der Waals surface area contributed by atoms with Crippen LogP contribution in [0.25, 0.3) is 0 Å². The van der Waals surface area contributed by atoms with Crippen LogP contribution in [0.1, 0.15) is 44.8 Å². The smallest absolute Gasteiger partial charge is 0.354 e. The molecule has 2 aromatic rings. The van der Waals surface area contributed by atoms with Crippen LogP contribution in [0.4, 0.5) is 0 Å². The number of rotatable bonds is 6. The molecule has 1 fully saturated rings. The summed E-state index contributed by atoms with van der Waals surface area (Å²) in [5, 5.41) is 11.6. The third-order valence-corrected chi connectivity index (χ3v) is 4.23. The van der Waals surface area contributed by atoms with Crippen molar-refractivity contribution in [2.45, 2.75) is 25.9 Å². The Hall–Kier alpha value is -3.22. The molecule has 7 nitrogen and oxygen atoms in total. The number of pyridine rings is 1. The topological polar surface area (TPSA) is 99.6 Å². The molecule has 1 aliphatic rings. The lowest BCUT2D eigenvalue weighted by atomic mass is 10.1. The van der Waals surface area contributed by atoms with Gasteiger partial charge in [0.05, 0.1) is 5.56 Å². The zero-order valence-electron chi connectivity index (χ0n) is 14.1. The van der Waals surface area contributed by atoms with Gasteiger partial charge in [-0.05, 0) is 29.7 Å². The number of aromatic carboxylic acids is 1. The predicted octanol–water partition coefficient (Wildman–Crippen LogP) is 1.83. The number of carboxylic acid groups (broad SMARTS) is 1. The first-order valence-corrected chi connectivity index (χ1v) is 8.36. The Morgan fingerprint density at radius 1 is 1.19 bits per heavy atom. The first kappa shape index (κ1) is 17.6. The highest BCUT2D eigenvalue weighted by Gasteiger charge is 2.20. The van der Waals surface area contributed by atoms with E-state index >= 15 is 0 Å². The number of carbonyl (C=O) groups is 3. The molecule has 26 heavy (non-hydrogen) atoms. The van der Waals surface area contributed by atoms with Gasteiger partial charge in [0.1, 0.15) is 5.69 Å². The summed E-state index contributed by atoms with van der Waals surface area (Å²) >= 11 is 0. The minimum atomic E-state index is -1.13. The fourth-order valence-electron chi connectivity index (χ4n) is 2.87. The Balaban J connectivity index is 1.58. The number of hydrogen-bond acceptors (Lipinski definition) is 4. The summed E-state index contributed by atoms with van der Waals surface area (Å²) in [5.74, 6) is -1.28. The largest absolute Gasteiger partial charge is 0.477 e. The lowest BCUT2D eigenvalue weighted by Crippen LogP contribution is -2.24. The number of carbonyl (C=O) groups excluding carboxylic acids is 2. The molecule has 1 aromatic carbocycles. The van der Waals surface area contributed by atoms with Gasteiger partial charge in [0.15, 0.2) is 0 Å². The number of benzene rings is 1. The Bertz CT molecular complexity index is 833. The summed E-state index contributed by atoms with van der Waals surface area (Å²) in [6.07, 6.45) is 2.77. The molecule has 0 atom stereocenters. The van der Waals surface area contributed by atoms with Gasteiger partial charge in [-0.2, -0.15) is 0 Å². The molecule has 2 heterocycles. The van der Waals surface area contributed by atoms with Crippen molar-refractivity contribution in [1.82, 2.24) is 15.2 Å². The van der Waals surface area contributed by atoms with Crippen LogP contribution in [0.3, 0.4) is 0 Å². The molecule has 1 aliphatic heterocycles. The van der Waals surface area contributed by atoms with Crippen LogP contribution in [0.5, 0.6) is 0 Å². The lowest BCUT2D eigenvalue weighted by Gasteiger charge is -2.16. The zero-order valence-corrected chi connectivity index (χ0v) is 14.1. The number of nitrogens with one attached hydrogen (secondary N) is 1. The summed E-state index contributed by atoms with van der Waals surface area (Å²) in [5.41, 5.74) is 2.15. The zero-order chi connectivity index (χ0) is 18.5. The molecule has 0 unspecified atom stereocenters. The van der Waals surface area contributed by atoms with E-state index in [0.29, 0.717) is 25.1 Å². The fourth-order valence-corrected chi connectivity index (χ4v) is 2.87. The van der Waals surface area contributed by atoms with Gasteiger partial charge in [-0.15, -0.1) is 0 Å². The van der Waals surface area contributed by atoms with Crippen LogP contribution in [0.2, 0.25) is 0 Å². The van der Waals surface area contributed by atoms with Crippen LogP contribution in [-0.2, 0) is 17.9 Å². The number of aromatic nitrogens is 1. The maximum Gasteiger partial charge on any atom is 0.354 e. The number of amides is 2. The molecule has 1 aromatic heterocycles. The molecule has 134 valence electrons. The SMILES string of the molecule is O=C(NCc1cccc(CN2CCCC2=O)c1)c1ccc(C(=O)O)nc1. The standard InChI is InChI=1S/C19H19N3O4/c23-17-5-2-8-22(17)12-14-4-1-3-13(9-14)10-21-18(24)15-6-7-16(19(25)26)20-11-15/h1,3-4,6-7,9,11H,2,5,8,10,12H2,(H,21,24)(H,25,26). The van der Waals surface area contributed by atoms with Crippen LogP contribution in [-0.4, -0.2) is 39.3 Å². The predicted molar refractivity (Wildman–Crippen MR) is 93.5 cm³/mol. The van der Waals surface area contributed by atoms with E-state index in [0.717, 1.165) is 24.1 Å². The van der Waals surface area contributed by atoms with Crippen LogP contribution in [0, 0.1) is 0 Å². The highest BCUT2D eigenvalue weighted by Crippen LogP contribution is 2.15. The van der Waals surface area contributed by atoms with Crippen molar-refractivity contribution in [3.05, 3.63) is 65.0 Å². The molecule has 0 spiro atoms. The van der Waals surface area contributed by atoms with E-state index in [2.05, 4.69) is 10.3 Å². The second kappa shape index (κ2) is 7.77. The molecule has 1 saturated heterocycles. The van der Waals surface area contributed by atoms with Gasteiger partial charge < -0.3 is 15.3 Å². The van der Waals surface area contributed by atoms with Gasteiger partial charge in [-0.25, -0.2) is 9.78 Å². The van der Waals surface area contributed by atoms with Crippen LogP contribution in [0.15, 0.2) is 42.6 Å². The fraction of sp³-hybridized carbons (Fsp3) is 0.263. The van der Waals surface area contributed by atoms with E-state index in [-0.39, 0.29) is 17.5 Å². The van der Waals surface area contributed by atoms with E-state index in [1.165, 1.54) is 18.3 Å².